The number of fused-ring (bicyclic) bond motifs is 1. The zero-order valence-corrected chi connectivity index (χ0v) is 9.81. The van der Waals surface area contributed by atoms with Crippen LogP contribution < -0.4 is 5.43 Å². The number of hydrogen-bond acceptors (Lipinski definition) is 5. The molecule has 1 N–H and O–H groups in total. The lowest BCUT2D eigenvalue weighted by Gasteiger charge is -2.22. The Bertz CT molecular complexity index is 462. The van der Waals surface area contributed by atoms with E-state index in [1.165, 1.54) is 0 Å². The molecule has 78 valence electrons. The Morgan fingerprint density at radius 3 is 3.27 bits per heavy atom. The summed E-state index contributed by atoms with van der Waals surface area (Å²) in [6.45, 7) is 2.16. The van der Waals surface area contributed by atoms with E-state index in [9.17, 15) is 0 Å². The van der Waals surface area contributed by atoms with Crippen LogP contribution in [0.2, 0.25) is 0 Å². The van der Waals surface area contributed by atoms with Crippen LogP contribution in [0, 0.1) is 0 Å². The smallest absolute Gasteiger partial charge is 0.210 e. The summed E-state index contributed by atoms with van der Waals surface area (Å²) in [7, 11) is 0. The van der Waals surface area contributed by atoms with Gasteiger partial charge in [0, 0.05) is 11.8 Å². The van der Waals surface area contributed by atoms with Crippen LogP contribution in [0.15, 0.2) is 22.7 Å². The normalized spacial score (nSPS) is 19.7. The molecule has 0 spiro atoms. The maximum Gasteiger partial charge on any atom is 0.210 e. The van der Waals surface area contributed by atoms with Crippen molar-refractivity contribution in [1.82, 2.24) is 14.9 Å². The Hall–Kier alpha value is -1.01. The highest BCUT2D eigenvalue weighted by atomic mass is 32.2. The van der Waals surface area contributed by atoms with Crippen molar-refractivity contribution in [2.24, 2.45) is 0 Å². The molecule has 1 aliphatic rings. The van der Waals surface area contributed by atoms with Crippen LogP contribution in [0.1, 0.15) is 6.92 Å². The first kappa shape index (κ1) is 9.23. The monoisotopic (exact) mass is 238 g/mol. The van der Waals surface area contributed by atoms with Crippen molar-refractivity contribution in [2.75, 3.05) is 11.2 Å². The molecule has 1 unspecified atom stereocenters. The van der Waals surface area contributed by atoms with Crippen molar-refractivity contribution < 1.29 is 0 Å². The van der Waals surface area contributed by atoms with Crippen molar-refractivity contribution in [3.8, 4) is 10.7 Å². The highest BCUT2D eigenvalue weighted by Gasteiger charge is 2.21. The van der Waals surface area contributed by atoms with Gasteiger partial charge in [-0.3, -0.25) is 0 Å². The van der Waals surface area contributed by atoms with Gasteiger partial charge in [-0.05, 0) is 18.4 Å². The molecule has 3 rings (SSSR count). The molecule has 0 saturated heterocycles. The van der Waals surface area contributed by atoms with Gasteiger partial charge in [-0.1, -0.05) is 17.8 Å². The van der Waals surface area contributed by atoms with Crippen molar-refractivity contribution >= 4 is 23.1 Å². The summed E-state index contributed by atoms with van der Waals surface area (Å²) in [4.78, 5) is 1.15. The number of aromatic nitrogens is 3. The van der Waals surface area contributed by atoms with E-state index in [1.54, 1.807) is 23.1 Å². The molecule has 4 nitrogen and oxygen atoms in total. The van der Waals surface area contributed by atoms with Crippen molar-refractivity contribution in [3.63, 3.8) is 0 Å². The standard InChI is InChI=1S/C9H10N4S2/c1-6-5-15-9-11-10-8(13(9)12-6)7-3-2-4-14-7/h2-4,6,12H,5H2,1H3. The van der Waals surface area contributed by atoms with E-state index in [0.29, 0.717) is 6.04 Å². The van der Waals surface area contributed by atoms with Gasteiger partial charge >= 0.3 is 0 Å². The van der Waals surface area contributed by atoms with Crippen LogP contribution in [-0.2, 0) is 0 Å². The molecule has 0 bridgehead atoms. The van der Waals surface area contributed by atoms with Crippen LogP contribution in [0.4, 0.5) is 0 Å². The molecule has 6 heteroatoms. The average Bonchev–Trinajstić information content (AvgIpc) is 2.83. The maximum atomic E-state index is 4.21. The topological polar surface area (TPSA) is 42.7 Å². The van der Waals surface area contributed by atoms with Crippen LogP contribution in [0.25, 0.3) is 10.7 Å². The number of nitrogens with one attached hydrogen (secondary N) is 1. The van der Waals surface area contributed by atoms with Gasteiger partial charge in [0.1, 0.15) is 0 Å². The Morgan fingerprint density at radius 1 is 1.53 bits per heavy atom. The lowest BCUT2D eigenvalue weighted by molar-refractivity contribution is 0.672. The second-order valence-electron chi connectivity index (χ2n) is 3.46. The maximum absolute atomic E-state index is 4.21. The van der Waals surface area contributed by atoms with E-state index >= 15 is 0 Å². The van der Waals surface area contributed by atoms with E-state index in [4.69, 9.17) is 0 Å². The first-order valence-electron chi connectivity index (χ1n) is 4.73. The summed E-state index contributed by atoms with van der Waals surface area (Å²) in [6, 6.07) is 4.55. The predicted octanol–water partition coefficient (Wildman–Crippen LogP) is 2.04. The van der Waals surface area contributed by atoms with Gasteiger partial charge in [-0.2, -0.15) is 0 Å². The van der Waals surface area contributed by atoms with Crippen LogP contribution >= 0.6 is 23.1 Å². The summed E-state index contributed by atoms with van der Waals surface area (Å²) in [6.07, 6.45) is 0. The van der Waals surface area contributed by atoms with Crippen LogP contribution in [-0.4, -0.2) is 26.7 Å². The molecule has 15 heavy (non-hydrogen) atoms. The van der Waals surface area contributed by atoms with E-state index in [2.05, 4.69) is 34.0 Å². The lowest BCUT2D eigenvalue weighted by Crippen LogP contribution is -2.32. The Balaban J connectivity index is 2.07. The quantitative estimate of drug-likeness (QED) is 0.825. The average molecular weight is 238 g/mol. The molecule has 2 aromatic rings. The molecule has 1 atom stereocenters. The lowest BCUT2D eigenvalue weighted by atomic mass is 10.4. The summed E-state index contributed by atoms with van der Waals surface area (Å²) in [5.74, 6) is 1.96. The van der Waals surface area contributed by atoms with Crippen LogP contribution in [0.5, 0.6) is 0 Å². The highest BCUT2D eigenvalue weighted by molar-refractivity contribution is 7.99. The summed E-state index contributed by atoms with van der Waals surface area (Å²) in [5.41, 5.74) is 3.37. The van der Waals surface area contributed by atoms with E-state index in [0.717, 1.165) is 21.6 Å². The fourth-order valence-electron chi connectivity index (χ4n) is 1.50. The summed E-state index contributed by atoms with van der Waals surface area (Å²) >= 11 is 3.43. The van der Waals surface area contributed by atoms with Crippen molar-refractivity contribution in [3.05, 3.63) is 17.5 Å². The second-order valence-corrected chi connectivity index (χ2v) is 5.39. The molecule has 0 radical (unpaired) electrons. The fourth-order valence-corrected chi connectivity index (χ4v) is 3.04. The Morgan fingerprint density at radius 2 is 2.47 bits per heavy atom. The number of thiophene rings is 1. The highest BCUT2D eigenvalue weighted by Crippen LogP contribution is 2.28. The molecule has 2 aromatic heterocycles. The van der Waals surface area contributed by atoms with Crippen molar-refractivity contribution in [2.45, 2.75) is 18.1 Å². The number of hydrogen-bond donors (Lipinski definition) is 1. The third-order valence-electron chi connectivity index (χ3n) is 2.19. The van der Waals surface area contributed by atoms with Gasteiger partial charge in [0.2, 0.25) is 5.16 Å². The first-order valence-corrected chi connectivity index (χ1v) is 6.60. The molecule has 0 aliphatic carbocycles. The van der Waals surface area contributed by atoms with Gasteiger partial charge in [-0.25, -0.2) is 4.68 Å². The first-order chi connectivity index (χ1) is 7.34. The zero-order valence-electron chi connectivity index (χ0n) is 8.17. The SMILES string of the molecule is CC1CSc2nnc(-c3cccs3)n2N1. The van der Waals surface area contributed by atoms with Gasteiger partial charge in [0.15, 0.2) is 5.82 Å². The molecule has 0 amide bonds. The molecule has 0 saturated carbocycles. The van der Waals surface area contributed by atoms with Crippen LogP contribution in [0.3, 0.4) is 0 Å². The van der Waals surface area contributed by atoms with Gasteiger partial charge in [0.05, 0.1) is 4.88 Å². The van der Waals surface area contributed by atoms with E-state index in [1.807, 2.05) is 10.7 Å². The van der Waals surface area contributed by atoms with E-state index in [-0.39, 0.29) is 0 Å². The Kier molecular flexibility index (Phi) is 2.17. The number of thioether (sulfide) groups is 1. The fraction of sp³-hybridized carbons (Fsp3) is 0.333. The largest absolute Gasteiger partial charge is 0.318 e. The van der Waals surface area contributed by atoms with Gasteiger partial charge in [-0.15, -0.1) is 21.5 Å². The summed E-state index contributed by atoms with van der Waals surface area (Å²) in [5, 5.41) is 11.4. The van der Waals surface area contributed by atoms with Gasteiger partial charge in [0.25, 0.3) is 0 Å². The molecular weight excluding hydrogens is 228 g/mol. The van der Waals surface area contributed by atoms with Crippen molar-refractivity contribution in [1.29, 1.82) is 0 Å². The van der Waals surface area contributed by atoms with E-state index < -0.39 is 0 Å². The Labute approximate surface area is 95.7 Å². The molecule has 1 aliphatic heterocycles. The molecular formula is C9H10N4S2. The minimum absolute atomic E-state index is 0.456. The minimum atomic E-state index is 0.456. The number of rotatable bonds is 1. The predicted molar refractivity (Wildman–Crippen MR) is 62.9 cm³/mol. The second kappa shape index (κ2) is 3.53. The number of nitrogens with zero attached hydrogens (tertiary/aromatic N) is 3. The minimum Gasteiger partial charge on any atom is -0.318 e. The molecule has 3 heterocycles. The zero-order chi connectivity index (χ0) is 10.3. The third-order valence-corrected chi connectivity index (χ3v) is 4.24. The third kappa shape index (κ3) is 1.53. The summed E-state index contributed by atoms with van der Waals surface area (Å²) < 4.78 is 1.99. The molecule has 0 aromatic carbocycles. The van der Waals surface area contributed by atoms with Gasteiger partial charge < -0.3 is 5.43 Å². The molecule has 0 fully saturated rings.